The van der Waals surface area contributed by atoms with Crippen LogP contribution in [-0.2, 0) is 12.8 Å². The summed E-state index contributed by atoms with van der Waals surface area (Å²) in [6.45, 7) is 16.2. The topological polar surface area (TPSA) is 59.9 Å². The fourth-order valence-corrected chi connectivity index (χ4v) is 3.95. The van der Waals surface area contributed by atoms with Gasteiger partial charge in [0, 0.05) is 42.0 Å². The lowest BCUT2D eigenvalue weighted by molar-refractivity contribution is 0.398. The van der Waals surface area contributed by atoms with Gasteiger partial charge in [-0.1, -0.05) is 32.9 Å². The molecule has 0 aliphatic rings. The minimum atomic E-state index is -0.271. The van der Waals surface area contributed by atoms with Crippen molar-refractivity contribution < 1.29 is 9.13 Å². The van der Waals surface area contributed by atoms with Gasteiger partial charge in [0.1, 0.15) is 5.82 Å². The van der Waals surface area contributed by atoms with Crippen LogP contribution in [-0.4, -0.2) is 29.1 Å². The highest BCUT2D eigenvalue weighted by molar-refractivity contribution is 5.89. The summed E-state index contributed by atoms with van der Waals surface area (Å²) in [5.74, 6) is 0.356. The molecule has 0 atom stereocenters. The van der Waals surface area contributed by atoms with Crippen LogP contribution in [0.2, 0.25) is 0 Å². The Bertz CT molecular complexity index is 1330. The Labute approximate surface area is 220 Å². The van der Waals surface area contributed by atoms with Gasteiger partial charge in [-0.3, -0.25) is 9.97 Å². The third kappa shape index (κ3) is 7.35. The first kappa shape index (κ1) is 29.4. The Balaban J connectivity index is 0.000000336. The van der Waals surface area contributed by atoms with Crippen molar-refractivity contribution in [3.8, 4) is 17.0 Å². The smallest absolute Gasteiger partial charge is 0.212 e. The van der Waals surface area contributed by atoms with Crippen LogP contribution in [0.4, 0.5) is 10.1 Å². The molecule has 196 valence electrons. The Morgan fingerprint density at radius 1 is 1.05 bits per heavy atom. The second-order valence-electron chi connectivity index (χ2n) is 8.57. The monoisotopic (exact) mass is 502 g/mol. The molecule has 0 aliphatic heterocycles. The molecule has 3 heterocycles. The quantitative estimate of drug-likeness (QED) is 0.272. The predicted molar refractivity (Wildman–Crippen MR) is 154 cm³/mol. The van der Waals surface area contributed by atoms with Crippen LogP contribution in [0.15, 0.2) is 61.2 Å². The molecule has 37 heavy (non-hydrogen) atoms. The van der Waals surface area contributed by atoms with Gasteiger partial charge in [0.2, 0.25) is 5.88 Å². The van der Waals surface area contributed by atoms with Crippen molar-refractivity contribution in [2.24, 2.45) is 0 Å². The van der Waals surface area contributed by atoms with Crippen LogP contribution in [0.1, 0.15) is 49.9 Å². The normalized spacial score (nSPS) is 10.1. The van der Waals surface area contributed by atoms with E-state index in [4.69, 9.17) is 4.74 Å². The van der Waals surface area contributed by atoms with E-state index in [2.05, 4.69) is 65.8 Å². The van der Waals surface area contributed by atoms with Crippen molar-refractivity contribution in [2.45, 2.75) is 54.4 Å². The van der Waals surface area contributed by atoms with E-state index in [9.17, 15) is 4.39 Å². The first-order valence-corrected chi connectivity index (χ1v) is 12.6. The van der Waals surface area contributed by atoms with E-state index in [1.807, 2.05) is 32.3 Å². The lowest BCUT2D eigenvalue weighted by Crippen LogP contribution is -1.98. The second-order valence-corrected chi connectivity index (χ2v) is 8.57. The average Bonchev–Trinajstić information content (AvgIpc) is 2.92. The fraction of sp³-hybridized carbons (Fsp3) is 0.323. The molecule has 0 spiro atoms. The number of ether oxygens (including phenoxy) is 1. The zero-order valence-corrected chi connectivity index (χ0v) is 23.4. The van der Waals surface area contributed by atoms with Crippen LogP contribution < -0.4 is 10.1 Å². The van der Waals surface area contributed by atoms with E-state index < -0.39 is 0 Å². The Morgan fingerprint density at radius 3 is 2.32 bits per heavy atom. The van der Waals surface area contributed by atoms with Crippen molar-refractivity contribution in [3.05, 3.63) is 89.3 Å². The summed E-state index contributed by atoms with van der Waals surface area (Å²) >= 11 is 0. The van der Waals surface area contributed by atoms with Gasteiger partial charge < -0.3 is 10.1 Å². The molecular weight excluding hydrogens is 463 g/mol. The van der Waals surface area contributed by atoms with Crippen molar-refractivity contribution in [1.82, 2.24) is 15.0 Å². The number of aryl methyl sites for hydroxylation is 2. The number of allylic oxidation sites excluding steroid dienone is 1. The van der Waals surface area contributed by atoms with Crippen molar-refractivity contribution in [3.63, 3.8) is 0 Å². The molecule has 0 radical (unpaired) electrons. The first-order chi connectivity index (χ1) is 17.8. The van der Waals surface area contributed by atoms with Gasteiger partial charge in [-0.15, -0.1) is 0 Å². The number of hydrogen-bond acceptors (Lipinski definition) is 5. The zero-order chi connectivity index (χ0) is 27.5. The zero-order valence-electron chi connectivity index (χ0n) is 23.4. The molecule has 5 nitrogen and oxygen atoms in total. The van der Waals surface area contributed by atoms with Gasteiger partial charge in [0.25, 0.3) is 0 Å². The molecule has 1 N–H and O–H groups in total. The summed E-state index contributed by atoms with van der Waals surface area (Å²) < 4.78 is 17.8. The van der Waals surface area contributed by atoms with Gasteiger partial charge >= 0.3 is 0 Å². The number of benzene rings is 1. The lowest BCUT2D eigenvalue weighted by Gasteiger charge is -2.15. The second kappa shape index (κ2) is 14.1. The van der Waals surface area contributed by atoms with Crippen molar-refractivity contribution >= 4 is 16.6 Å². The number of halogens is 1. The maximum Gasteiger partial charge on any atom is 0.212 e. The average molecular weight is 503 g/mol. The van der Waals surface area contributed by atoms with Crippen molar-refractivity contribution in [2.75, 3.05) is 19.5 Å². The molecule has 0 saturated heterocycles. The van der Waals surface area contributed by atoms with Gasteiger partial charge in [-0.25, -0.2) is 9.37 Å². The third-order valence-corrected chi connectivity index (χ3v) is 5.96. The minimum Gasteiger partial charge on any atom is -0.481 e. The van der Waals surface area contributed by atoms with E-state index in [-0.39, 0.29) is 5.82 Å². The van der Waals surface area contributed by atoms with Crippen LogP contribution >= 0.6 is 0 Å². The lowest BCUT2D eigenvalue weighted by atomic mass is 9.92. The summed E-state index contributed by atoms with van der Waals surface area (Å²) in [5, 5.41) is 4.03. The molecule has 4 rings (SSSR count). The number of aromatic nitrogens is 3. The highest BCUT2D eigenvalue weighted by Crippen LogP contribution is 2.32. The molecule has 1 aromatic carbocycles. The number of fused-ring (bicyclic) bond motifs is 1. The minimum absolute atomic E-state index is 0.271. The number of hydrogen-bond donors (Lipinski definition) is 1. The molecule has 0 aliphatic carbocycles. The third-order valence-electron chi connectivity index (χ3n) is 5.96. The molecule has 0 bridgehead atoms. The highest BCUT2D eigenvalue weighted by Gasteiger charge is 2.12. The predicted octanol–water partition coefficient (Wildman–Crippen LogP) is 7.89. The van der Waals surface area contributed by atoms with E-state index in [1.54, 1.807) is 27.3 Å². The van der Waals surface area contributed by atoms with E-state index in [0.29, 0.717) is 11.4 Å². The maximum atomic E-state index is 12.7. The van der Waals surface area contributed by atoms with Crippen LogP contribution in [0.25, 0.3) is 22.0 Å². The number of methoxy groups -OCH3 is 1. The molecule has 4 aromatic rings. The largest absolute Gasteiger partial charge is 0.481 e. The summed E-state index contributed by atoms with van der Waals surface area (Å²) in [7, 11) is 3.37. The molecular formula is C31H39FN4O. The van der Waals surface area contributed by atoms with Gasteiger partial charge in [-0.2, -0.15) is 0 Å². The Morgan fingerprint density at radius 2 is 1.78 bits per heavy atom. The summed E-state index contributed by atoms with van der Waals surface area (Å²) in [5.41, 5.74) is 9.64. The van der Waals surface area contributed by atoms with Crippen LogP contribution in [0.3, 0.4) is 0 Å². The highest BCUT2D eigenvalue weighted by atomic mass is 19.1. The molecule has 0 saturated carbocycles. The summed E-state index contributed by atoms with van der Waals surface area (Å²) in [6.07, 6.45) is 8.46. The Kier molecular flexibility index (Phi) is 11.2. The SMILES string of the molecule is C=C(C)Cc1c(C)cnc2cc(CC)c(-c3ccc(OC)nc3)cc12.CC.CNc1cncc(F)c1C. The number of rotatable bonds is 6. The van der Waals surface area contributed by atoms with Gasteiger partial charge in [0.05, 0.1) is 30.7 Å². The summed E-state index contributed by atoms with van der Waals surface area (Å²) in [4.78, 5) is 12.7. The molecule has 0 fully saturated rings. The maximum absolute atomic E-state index is 12.7. The number of nitrogens with one attached hydrogen (secondary N) is 1. The Hall–Kier alpha value is -3.80. The van der Waals surface area contributed by atoms with E-state index in [1.165, 1.54) is 33.8 Å². The molecule has 3 aromatic heterocycles. The number of pyridine rings is 3. The van der Waals surface area contributed by atoms with Gasteiger partial charge in [-0.05, 0) is 74.1 Å². The fourth-order valence-electron chi connectivity index (χ4n) is 3.95. The van der Waals surface area contributed by atoms with Crippen molar-refractivity contribution in [1.29, 1.82) is 0 Å². The summed E-state index contributed by atoms with van der Waals surface area (Å²) in [6, 6.07) is 8.43. The molecule has 0 unspecified atom stereocenters. The molecule has 0 amide bonds. The van der Waals surface area contributed by atoms with E-state index >= 15 is 0 Å². The van der Waals surface area contributed by atoms with Gasteiger partial charge in [0.15, 0.2) is 0 Å². The first-order valence-electron chi connectivity index (χ1n) is 12.6. The van der Waals surface area contributed by atoms with Crippen LogP contribution in [0, 0.1) is 19.7 Å². The number of anilines is 1. The molecule has 6 heteroatoms. The van der Waals surface area contributed by atoms with E-state index in [0.717, 1.165) is 35.2 Å². The number of nitrogens with zero attached hydrogens (tertiary/aromatic N) is 3. The van der Waals surface area contributed by atoms with Crippen LogP contribution in [0.5, 0.6) is 5.88 Å². The standard InChI is InChI=1S/C22H24N2O.C7H9FN2.C2H6/c1-6-16-10-21-20(18(9-14(2)3)15(4)12-23-21)11-19(16)17-7-8-22(25-5)24-13-17;1-5-6(8)3-10-4-7(5)9-2;1-2/h7-8,10-13H,2,6,9H2,1,3-5H3;3-4,9H,1-2H3;1-2H3.